The van der Waals surface area contributed by atoms with Crippen LogP contribution in [0.2, 0.25) is 0 Å². The molecule has 1 amide bonds. The van der Waals surface area contributed by atoms with Gasteiger partial charge in [-0.3, -0.25) is 9.69 Å². The van der Waals surface area contributed by atoms with Crippen LogP contribution in [0.4, 0.5) is 0 Å². The van der Waals surface area contributed by atoms with Gasteiger partial charge in [0.25, 0.3) is 0 Å². The lowest BCUT2D eigenvalue weighted by atomic mass is 9.73. The van der Waals surface area contributed by atoms with Crippen LogP contribution in [0.1, 0.15) is 42.5 Å². The summed E-state index contributed by atoms with van der Waals surface area (Å²) < 4.78 is 5.43. The van der Waals surface area contributed by atoms with E-state index in [1.807, 2.05) is 0 Å². The van der Waals surface area contributed by atoms with E-state index in [-0.39, 0.29) is 6.04 Å². The summed E-state index contributed by atoms with van der Waals surface area (Å²) in [7, 11) is 1.75. The molecule has 2 N–H and O–H groups in total. The van der Waals surface area contributed by atoms with Gasteiger partial charge in [0.05, 0.1) is 6.61 Å². The van der Waals surface area contributed by atoms with Gasteiger partial charge in [-0.05, 0) is 43.0 Å². The van der Waals surface area contributed by atoms with Gasteiger partial charge in [0.2, 0.25) is 6.41 Å². The SMILES string of the molecule is CCCN1C[C@@H](NC=O)C[C@@H]2c3cccc4[nH]c(COC)c(c34)C[C@H]21. The van der Waals surface area contributed by atoms with Crippen molar-refractivity contribution >= 4 is 17.3 Å². The van der Waals surface area contributed by atoms with Crippen molar-refractivity contribution in [2.75, 3.05) is 20.2 Å². The van der Waals surface area contributed by atoms with Gasteiger partial charge >= 0.3 is 0 Å². The number of hydrogen-bond acceptors (Lipinski definition) is 3. The van der Waals surface area contributed by atoms with Crippen molar-refractivity contribution in [2.24, 2.45) is 0 Å². The molecule has 1 aliphatic heterocycles. The summed E-state index contributed by atoms with van der Waals surface area (Å²) in [5.41, 5.74) is 5.29. The first-order valence-electron chi connectivity index (χ1n) is 9.31. The number of rotatable bonds is 6. The molecule has 1 fully saturated rings. The predicted molar refractivity (Wildman–Crippen MR) is 98.7 cm³/mol. The first-order chi connectivity index (χ1) is 12.3. The smallest absolute Gasteiger partial charge is 0.207 e. The number of benzene rings is 1. The molecule has 4 rings (SSSR count). The number of hydrogen-bond donors (Lipinski definition) is 2. The van der Waals surface area contributed by atoms with E-state index in [4.69, 9.17) is 4.74 Å². The second-order valence-corrected chi connectivity index (χ2v) is 7.37. The lowest BCUT2D eigenvalue weighted by Crippen LogP contribution is -2.55. The summed E-state index contributed by atoms with van der Waals surface area (Å²) in [4.78, 5) is 17.2. The number of likely N-dealkylation sites (tertiary alicyclic amines) is 1. The highest BCUT2D eigenvalue weighted by molar-refractivity contribution is 5.89. The van der Waals surface area contributed by atoms with E-state index in [1.165, 1.54) is 27.7 Å². The Balaban J connectivity index is 1.79. The van der Waals surface area contributed by atoms with Crippen molar-refractivity contribution in [3.8, 4) is 0 Å². The number of ether oxygens (including phenoxy) is 1. The van der Waals surface area contributed by atoms with Crippen LogP contribution in [0.5, 0.6) is 0 Å². The second-order valence-electron chi connectivity index (χ2n) is 7.37. The molecule has 2 heterocycles. The average Bonchev–Trinajstić information content (AvgIpc) is 2.96. The monoisotopic (exact) mass is 341 g/mol. The lowest BCUT2D eigenvalue weighted by Gasteiger charge is -2.47. The molecular weight excluding hydrogens is 314 g/mol. The summed E-state index contributed by atoms with van der Waals surface area (Å²) >= 11 is 0. The normalized spacial score (nSPS) is 25.8. The molecule has 134 valence electrons. The zero-order valence-electron chi connectivity index (χ0n) is 15.0. The molecule has 0 saturated carbocycles. The molecule has 0 bridgehead atoms. The number of H-pyrrole nitrogens is 1. The van der Waals surface area contributed by atoms with E-state index in [9.17, 15) is 4.79 Å². The van der Waals surface area contributed by atoms with Gasteiger partial charge in [-0.2, -0.15) is 0 Å². The molecule has 1 aromatic carbocycles. The molecule has 25 heavy (non-hydrogen) atoms. The zero-order valence-corrected chi connectivity index (χ0v) is 15.0. The molecule has 0 spiro atoms. The topological polar surface area (TPSA) is 57.4 Å². The van der Waals surface area contributed by atoms with Crippen molar-refractivity contribution in [1.82, 2.24) is 15.2 Å². The number of aromatic amines is 1. The molecule has 2 aliphatic rings. The van der Waals surface area contributed by atoms with Gasteiger partial charge in [0, 0.05) is 48.3 Å². The Morgan fingerprint density at radius 2 is 2.32 bits per heavy atom. The second kappa shape index (κ2) is 6.81. The van der Waals surface area contributed by atoms with E-state index < -0.39 is 0 Å². The minimum absolute atomic E-state index is 0.236. The molecule has 0 radical (unpaired) electrons. The fourth-order valence-corrected chi connectivity index (χ4v) is 4.99. The Kier molecular flexibility index (Phi) is 4.52. The molecule has 1 aromatic heterocycles. The average molecular weight is 341 g/mol. The maximum Gasteiger partial charge on any atom is 0.207 e. The largest absolute Gasteiger partial charge is 0.378 e. The molecule has 5 nitrogen and oxygen atoms in total. The highest BCUT2D eigenvalue weighted by Crippen LogP contribution is 2.44. The van der Waals surface area contributed by atoms with Crippen LogP contribution < -0.4 is 5.32 Å². The summed E-state index contributed by atoms with van der Waals surface area (Å²) in [6.07, 6.45) is 4.07. The first kappa shape index (κ1) is 16.6. The minimum Gasteiger partial charge on any atom is -0.378 e. The van der Waals surface area contributed by atoms with E-state index in [0.717, 1.165) is 38.8 Å². The number of nitrogens with zero attached hydrogens (tertiary/aromatic N) is 1. The van der Waals surface area contributed by atoms with Crippen LogP contribution in [-0.2, 0) is 22.6 Å². The number of amides is 1. The fraction of sp³-hybridized carbons (Fsp3) is 0.550. The van der Waals surface area contributed by atoms with Gasteiger partial charge in [-0.25, -0.2) is 0 Å². The molecule has 1 saturated heterocycles. The van der Waals surface area contributed by atoms with Gasteiger partial charge in [-0.15, -0.1) is 0 Å². The maximum atomic E-state index is 11.0. The van der Waals surface area contributed by atoms with Crippen molar-refractivity contribution in [1.29, 1.82) is 0 Å². The van der Waals surface area contributed by atoms with Crippen LogP contribution in [-0.4, -0.2) is 48.6 Å². The Bertz CT molecular complexity index is 770. The van der Waals surface area contributed by atoms with Crippen molar-refractivity contribution < 1.29 is 9.53 Å². The van der Waals surface area contributed by atoms with Gasteiger partial charge in [0.15, 0.2) is 0 Å². The zero-order chi connectivity index (χ0) is 17.4. The molecule has 1 aliphatic carbocycles. The third-order valence-corrected chi connectivity index (χ3v) is 5.89. The quantitative estimate of drug-likeness (QED) is 0.794. The lowest BCUT2D eigenvalue weighted by molar-refractivity contribution is -0.110. The van der Waals surface area contributed by atoms with Crippen LogP contribution in [0.15, 0.2) is 18.2 Å². The van der Waals surface area contributed by atoms with Crippen LogP contribution in [0.3, 0.4) is 0 Å². The van der Waals surface area contributed by atoms with Crippen LogP contribution in [0, 0.1) is 0 Å². The number of methoxy groups -OCH3 is 1. The maximum absolute atomic E-state index is 11.0. The van der Waals surface area contributed by atoms with Crippen LogP contribution >= 0.6 is 0 Å². The molecule has 3 atom stereocenters. The Hall–Kier alpha value is -1.85. The Morgan fingerprint density at radius 3 is 3.08 bits per heavy atom. The van der Waals surface area contributed by atoms with Crippen molar-refractivity contribution in [3.63, 3.8) is 0 Å². The number of piperidine rings is 1. The number of carbonyl (C=O) groups is 1. The van der Waals surface area contributed by atoms with E-state index >= 15 is 0 Å². The Morgan fingerprint density at radius 1 is 1.44 bits per heavy atom. The summed E-state index contributed by atoms with van der Waals surface area (Å²) in [5, 5.41) is 4.43. The number of aromatic nitrogens is 1. The summed E-state index contributed by atoms with van der Waals surface area (Å²) in [5.74, 6) is 0.472. The van der Waals surface area contributed by atoms with E-state index in [1.54, 1.807) is 7.11 Å². The number of nitrogens with one attached hydrogen (secondary N) is 2. The van der Waals surface area contributed by atoms with Gasteiger partial charge in [-0.1, -0.05) is 19.1 Å². The predicted octanol–water partition coefficient (Wildman–Crippen LogP) is 2.55. The van der Waals surface area contributed by atoms with Crippen molar-refractivity contribution in [3.05, 3.63) is 35.0 Å². The molecule has 0 unspecified atom stereocenters. The van der Waals surface area contributed by atoms with E-state index in [2.05, 4.69) is 40.3 Å². The Labute approximate surface area is 148 Å². The molecule has 5 heteroatoms. The standard InChI is InChI=1S/C20H27N3O2/c1-3-7-23-10-13(21-12-24)8-15-14-5-4-6-17-20(14)16(9-19(15)23)18(22-17)11-25-2/h4-6,12-13,15,19,22H,3,7-11H2,1-2H3,(H,21,24)/t13-,15+,19+/m0/s1. The van der Waals surface area contributed by atoms with Gasteiger partial charge < -0.3 is 15.0 Å². The summed E-state index contributed by atoms with van der Waals surface area (Å²) in [6.45, 7) is 4.88. The highest BCUT2D eigenvalue weighted by Gasteiger charge is 2.41. The summed E-state index contributed by atoms with van der Waals surface area (Å²) in [6, 6.07) is 7.34. The van der Waals surface area contributed by atoms with Gasteiger partial charge in [0.1, 0.15) is 0 Å². The number of carbonyl (C=O) groups excluding carboxylic acids is 1. The highest BCUT2D eigenvalue weighted by atomic mass is 16.5. The van der Waals surface area contributed by atoms with E-state index in [0.29, 0.717) is 18.6 Å². The third kappa shape index (κ3) is 2.75. The fourth-order valence-electron chi connectivity index (χ4n) is 4.99. The first-order valence-corrected chi connectivity index (χ1v) is 9.31. The molecular formula is C20H27N3O2. The minimum atomic E-state index is 0.236. The molecule has 2 aromatic rings. The number of fused-ring (bicyclic) bond motifs is 2. The van der Waals surface area contributed by atoms with Crippen LogP contribution in [0.25, 0.3) is 10.9 Å². The van der Waals surface area contributed by atoms with Crippen molar-refractivity contribution in [2.45, 2.75) is 50.8 Å². The third-order valence-electron chi connectivity index (χ3n) is 5.89.